The number of halogens is 1. The minimum atomic E-state index is -0.996. The van der Waals surface area contributed by atoms with Crippen LogP contribution in [0.4, 0.5) is 5.13 Å². The van der Waals surface area contributed by atoms with Gasteiger partial charge in [0.2, 0.25) is 5.13 Å². The highest BCUT2D eigenvalue weighted by Gasteiger charge is 2.16. The molecule has 27 heavy (non-hydrogen) atoms. The van der Waals surface area contributed by atoms with E-state index < -0.39 is 11.8 Å². The van der Waals surface area contributed by atoms with Crippen molar-refractivity contribution < 1.29 is 14.7 Å². The fraction of sp³-hybridized carbons (Fsp3) is 0. The molecule has 1 aromatic heterocycles. The molecule has 0 aliphatic heterocycles. The zero-order valence-corrected chi connectivity index (χ0v) is 15.2. The Balaban J connectivity index is 1.58. The summed E-state index contributed by atoms with van der Waals surface area (Å²) in [4.78, 5) is 23.7. The van der Waals surface area contributed by atoms with E-state index in [4.69, 9.17) is 11.6 Å². The van der Waals surface area contributed by atoms with Crippen LogP contribution in [-0.2, 0) is 9.59 Å². The Labute approximate surface area is 162 Å². The summed E-state index contributed by atoms with van der Waals surface area (Å²) in [5, 5.41) is 24.6. The zero-order valence-electron chi connectivity index (χ0n) is 13.6. The van der Waals surface area contributed by atoms with Gasteiger partial charge in [-0.15, -0.1) is 10.2 Å². The Hall–Kier alpha value is -3.30. The van der Waals surface area contributed by atoms with Gasteiger partial charge in [-0.25, -0.2) is 5.43 Å². The average molecular weight is 402 g/mol. The maximum atomic E-state index is 11.9. The summed E-state index contributed by atoms with van der Waals surface area (Å²) >= 11 is 6.94. The predicted molar refractivity (Wildman–Crippen MR) is 103 cm³/mol. The summed E-state index contributed by atoms with van der Waals surface area (Å²) in [7, 11) is 0. The number of hydrazone groups is 1. The van der Waals surface area contributed by atoms with Gasteiger partial charge in [0.1, 0.15) is 10.8 Å². The molecule has 0 saturated heterocycles. The molecule has 3 aromatic rings. The summed E-state index contributed by atoms with van der Waals surface area (Å²) in [6, 6.07) is 13.7. The fourth-order valence-corrected chi connectivity index (χ4v) is 2.89. The molecule has 3 rings (SSSR count). The summed E-state index contributed by atoms with van der Waals surface area (Å²) in [5.41, 5.74) is 3.20. The van der Waals surface area contributed by atoms with Crippen molar-refractivity contribution in [2.45, 2.75) is 0 Å². The van der Waals surface area contributed by atoms with E-state index in [0.29, 0.717) is 15.6 Å². The highest BCUT2D eigenvalue weighted by Crippen LogP contribution is 2.25. The Morgan fingerprint density at radius 2 is 1.89 bits per heavy atom. The van der Waals surface area contributed by atoms with Crippen LogP contribution in [0, 0.1) is 0 Å². The first-order chi connectivity index (χ1) is 13.0. The van der Waals surface area contributed by atoms with Crippen LogP contribution in [-0.4, -0.2) is 33.3 Å². The van der Waals surface area contributed by atoms with E-state index in [1.54, 1.807) is 0 Å². The lowest BCUT2D eigenvalue weighted by Gasteiger charge is -2.00. The maximum Gasteiger partial charge on any atom is 0.329 e. The second-order valence-electron chi connectivity index (χ2n) is 5.13. The van der Waals surface area contributed by atoms with Gasteiger partial charge in [0.05, 0.1) is 6.21 Å². The molecule has 0 atom stereocenters. The maximum absolute atomic E-state index is 11.9. The smallest absolute Gasteiger partial charge is 0.329 e. The number of carbonyl (C=O) groups excluding carboxylic acids is 2. The molecule has 0 aliphatic rings. The van der Waals surface area contributed by atoms with Gasteiger partial charge in [0, 0.05) is 16.1 Å². The quantitative estimate of drug-likeness (QED) is 0.353. The summed E-state index contributed by atoms with van der Waals surface area (Å²) < 4.78 is 0. The first-order valence-electron chi connectivity index (χ1n) is 7.55. The van der Waals surface area contributed by atoms with Crippen LogP contribution in [0.5, 0.6) is 5.75 Å². The van der Waals surface area contributed by atoms with Crippen LogP contribution in [0.2, 0.25) is 5.02 Å². The Kier molecular flexibility index (Phi) is 5.74. The van der Waals surface area contributed by atoms with Gasteiger partial charge in [-0.2, -0.15) is 5.10 Å². The molecule has 0 aliphatic carbocycles. The monoisotopic (exact) mass is 401 g/mol. The van der Waals surface area contributed by atoms with Crippen LogP contribution in [0.15, 0.2) is 53.6 Å². The SMILES string of the molecule is O=C(NN=Cc1cc(Cl)ccc1O)C(=O)Nc1nnc(-c2ccccc2)s1. The fourth-order valence-electron chi connectivity index (χ4n) is 1.97. The molecule has 3 N–H and O–H groups in total. The lowest BCUT2D eigenvalue weighted by molar-refractivity contribution is -0.136. The van der Waals surface area contributed by atoms with Crippen LogP contribution >= 0.6 is 22.9 Å². The van der Waals surface area contributed by atoms with Crippen molar-refractivity contribution in [2.24, 2.45) is 5.10 Å². The molecule has 2 aromatic carbocycles. The van der Waals surface area contributed by atoms with E-state index in [0.717, 1.165) is 16.9 Å². The van der Waals surface area contributed by atoms with Gasteiger partial charge in [0.15, 0.2) is 0 Å². The number of phenols is 1. The van der Waals surface area contributed by atoms with Crippen LogP contribution in [0.1, 0.15) is 5.56 Å². The molecule has 0 unspecified atom stereocenters. The van der Waals surface area contributed by atoms with Gasteiger partial charge in [-0.3, -0.25) is 14.9 Å². The molecule has 0 bridgehead atoms. The molecule has 136 valence electrons. The first-order valence-corrected chi connectivity index (χ1v) is 8.74. The molecule has 2 amide bonds. The number of phenolic OH excluding ortho intramolecular Hbond substituents is 1. The molecule has 8 nitrogen and oxygen atoms in total. The second-order valence-corrected chi connectivity index (χ2v) is 6.55. The Morgan fingerprint density at radius 3 is 2.67 bits per heavy atom. The highest BCUT2D eigenvalue weighted by atomic mass is 35.5. The van der Waals surface area contributed by atoms with E-state index >= 15 is 0 Å². The standard InChI is InChI=1S/C17H12ClN5O3S/c18-12-6-7-13(24)11(8-12)9-19-21-15(26)14(25)20-17-23-22-16(27-17)10-4-2-1-3-5-10/h1-9,24H,(H,21,26)(H,20,23,25). The van der Waals surface area contributed by atoms with Crippen LogP contribution in [0.25, 0.3) is 10.6 Å². The number of hydrogen-bond acceptors (Lipinski definition) is 7. The largest absolute Gasteiger partial charge is 0.507 e. The third kappa shape index (κ3) is 4.87. The number of hydrogen-bond donors (Lipinski definition) is 3. The van der Waals surface area contributed by atoms with Crippen molar-refractivity contribution in [3.8, 4) is 16.3 Å². The highest BCUT2D eigenvalue weighted by molar-refractivity contribution is 7.18. The van der Waals surface area contributed by atoms with Gasteiger partial charge in [-0.05, 0) is 18.2 Å². The van der Waals surface area contributed by atoms with E-state index in [9.17, 15) is 14.7 Å². The van der Waals surface area contributed by atoms with Crippen molar-refractivity contribution in [3.63, 3.8) is 0 Å². The third-order valence-corrected chi connectivity index (χ3v) is 4.35. The number of nitrogens with zero attached hydrogens (tertiary/aromatic N) is 3. The Bertz CT molecular complexity index is 1010. The summed E-state index contributed by atoms with van der Waals surface area (Å²) in [5.74, 6) is -2.01. The number of aromatic nitrogens is 2. The third-order valence-electron chi connectivity index (χ3n) is 3.23. The lowest BCUT2D eigenvalue weighted by atomic mass is 10.2. The van der Waals surface area contributed by atoms with Crippen molar-refractivity contribution in [3.05, 3.63) is 59.1 Å². The minimum absolute atomic E-state index is 0.0656. The minimum Gasteiger partial charge on any atom is -0.507 e. The second kappa shape index (κ2) is 8.39. The van der Waals surface area contributed by atoms with E-state index in [1.165, 1.54) is 24.4 Å². The molecule has 10 heteroatoms. The van der Waals surface area contributed by atoms with Gasteiger partial charge in [-0.1, -0.05) is 53.3 Å². The topological polar surface area (TPSA) is 117 Å². The summed E-state index contributed by atoms with van der Waals surface area (Å²) in [6.45, 7) is 0. The van der Waals surface area contributed by atoms with Gasteiger partial charge in [0.25, 0.3) is 0 Å². The normalized spacial score (nSPS) is 10.7. The van der Waals surface area contributed by atoms with Gasteiger partial charge >= 0.3 is 11.8 Å². The lowest BCUT2D eigenvalue weighted by Crippen LogP contribution is -2.32. The molecule has 0 fully saturated rings. The van der Waals surface area contributed by atoms with Gasteiger partial charge < -0.3 is 5.11 Å². The number of benzene rings is 2. The molecular weight excluding hydrogens is 390 g/mol. The number of anilines is 1. The van der Waals surface area contributed by atoms with E-state index in [1.807, 2.05) is 30.3 Å². The predicted octanol–water partition coefficient (Wildman–Crippen LogP) is 2.65. The van der Waals surface area contributed by atoms with E-state index in [2.05, 4.69) is 26.0 Å². The molecule has 1 heterocycles. The number of amides is 2. The number of carbonyl (C=O) groups is 2. The van der Waals surface area contributed by atoms with Crippen molar-refractivity contribution in [1.82, 2.24) is 15.6 Å². The summed E-state index contributed by atoms with van der Waals surface area (Å²) in [6.07, 6.45) is 1.17. The van der Waals surface area contributed by atoms with Crippen LogP contribution < -0.4 is 10.7 Å². The molecule has 0 radical (unpaired) electrons. The van der Waals surface area contributed by atoms with Crippen molar-refractivity contribution in [1.29, 1.82) is 0 Å². The number of aromatic hydroxyl groups is 1. The molecule has 0 spiro atoms. The first kappa shape index (κ1) is 18.5. The Morgan fingerprint density at radius 1 is 1.11 bits per heavy atom. The van der Waals surface area contributed by atoms with E-state index in [-0.39, 0.29) is 10.9 Å². The number of rotatable bonds is 4. The van der Waals surface area contributed by atoms with Crippen molar-refractivity contribution >= 4 is 46.1 Å². The number of nitrogens with one attached hydrogen (secondary N) is 2. The van der Waals surface area contributed by atoms with Crippen LogP contribution in [0.3, 0.4) is 0 Å². The average Bonchev–Trinajstić information content (AvgIpc) is 3.13. The van der Waals surface area contributed by atoms with Crippen molar-refractivity contribution in [2.75, 3.05) is 5.32 Å². The molecule has 0 saturated carbocycles. The zero-order chi connectivity index (χ0) is 19.2. The molecular formula is C17H12ClN5O3S.